The van der Waals surface area contributed by atoms with Crippen LogP contribution in [0.25, 0.3) is 0 Å². The molecule has 0 bridgehead atoms. The van der Waals surface area contributed by atoms with E-state index < -0.39 is 0 Å². The summed E-state index contributed by atoms with van der Waals surface area (Å²) in [6, 6.07) is 0. The molecule has 0 aromatic rings. The maximum Gasteiger partial charge on any atom is 0.0468 e. The lowest BCUT2D eigenvalue weighted by atomic mass is 9.85. The number of hydrogen-bond acceptors (Lipinski definition) is 2. The van der Waals surface area contributed by atoms with Gasteiger partial charge in [-0.2, -0.15) is 0 Å². The zero-order chi connectivity index (χ0) is 8.23. The summed E-state index contributed by atoms with van der Waals surface area (Å²) in [4.78, 5) is 4.28. The van der Waals surface area contributed by atoms with Gasteiger partial charge in [0.1, 0.15) is 0 Å². The Labute approximate surface area is 73.3 Å². The molecule has 0 spiro atoms. The number of rotatable bonds is 1. The molecule has 0 unspecified atom stereocenters. The van der Waals surface area contributed by atoms with E-state index in [4.69, 9.17) is 4.74 Å². The van der Waals surface area contributed by atoms with E-state index >= 15 is 0 Å². The van der Waals surface area contributed by atoms with E-state index in [0.29, 0.717) is 5.92 Å². The summed E-state index contributed by atoms with van der Waals surface area (Å²) in [6.45, 7) is 2.87. The molecule has 0 aliphatic carbocycles. The lowest BCUT2D eigenvalue weighted by molar-refractivity contribution is 0.0548. The molecule has 2 rings (SSSR count). The Morgan fingerprint density at radius 3 is 2.75 bits per heavy atom. The van der Waals surface area contributed by atoms with Gasteiger partial charge in [0.25, 0.3) is 0 Å². The summed E-state index contributed by atoms with van der Waals surface area (Å²) in [5.74, 6) is 1.49. The lowest BCUT2D eigenvalue weighted by Gasteiger charge is -2.28. The minimum absolute atomic E-state index is 0.680. The molecule has 0 amide bonds. The molecule has 0 saturated carbocycles. The average Bonchev–Trinajstić information content (AvgIpc) is 2.21. The number of ether oxygens (including phenoxy) is 1. The lowest BCUT2D eigenvalue weighted by Crippen LogP contribution is -2.24. The molecule has 0 aromatic heterocycles. The van der Waals surface area contributed by atoms with Gasteiger partial charge in [-0.1, -0.05) is 6.08 Å². The van der Waals surface area contributed by atoms with E-state index in [1.165, 1.54) is 12.8 Å². The molecule has 2 aliphatic rings. The van der Waals surface area contributed by atoms with Crippen LogP contribution >= 0.6 is 0 Å². The SMILES string of the molecule is C1=C[C@@H](C2CCOCC2)CN=C1. The Morgan fingerprint density at radius 1 is 1.25 bits per heavy atom. The van der Waals surface area contributed by atoms with Crippen LogP contribution in [0.2, 0.25) is 0 Å². The molecule has 2 heteroatoms. The largest absolute Gasteiger partial charge is 0.381 e. The summed E-state index contributed by atoms with van der Waals surface area (Å²) >= 11 is 0. The average molecular weight is 165 g/mol. The van der Waals surface area contributed by atoms with Crippen LogP contribution in [-0.4, -0.2) is 26.0 Å². The van der Waals surface area contributed by atoms with Crippen LogP contribution in [0, 0.1) is 11.8 Å². The third kappa shape index (κ3) is 1.75. The molecule has 2 aliphatic heterocycles. The Hall–Kier alpha value is -0.630. The number of allylic oxidation sites excluding steroid dienone is 1. The highest BCUT2D eigenvalue weighted by Crippen LogP contribution is 2.25. The zero-order valence-corrected chi connectivity index (χ0v) is 7.28. The molecule has 0 N–H and O–H groups in total. The normalized spacial score (nSPS) is 30.8. The Morgan fingerprint density at radius 2 is 2.08 bits per heavy atom. The maximum atomic E-state index is 5.33. The Kier molecular flexibility index (Phi) is 2.57. The highest BCUT2D eigenvalue weighted by Gasteiger charge is 2.22. The van der Waals surface area contributed by atoms with Crippen molar-refractivity contribution in [1.29, 1.82) is 0 Å². The fourth-order valence-electron chi connectivity index (χ4n) is 1.95. The number of dihydropyridines is 1. The van der Waals surface area contributed by atoms with Crippen LogP contribution in [0.4, 0.5) is 0 Å². The van der Waals surface area contributed by atoms with Gasteiger partial charge in [0.15, 0.2) is 0 Å². The van der Waals surface area contributed by atoms with Crippen molar-refractivity contribution in [2.45, 2.75) is 12.8 Å². The molecule has 0 aromatic carbocycles. The predicted octanol–water partition coefficient (Wildman–Crippen LogP) is 1.67. The van der Waals surface area contributed by atoms with Gasteiger partial charge in [0.2, 0.25) is 0 Å². The van der Waals surface area contributed by atoms with Crippen molar-refractivity contribution < 1.29 is 4.74 Å². The van der Waals surface area contributed by atoms with Gasteiger partial charge in [-0.05, 0) is 30.8 Å². The molecule has 66 valence electrons. The van der Waals surface area contributed by atoms with Crippen LogP contribution in [-0.2, 0) is 4.74 Å². The molecular weight excluding hydrogens is 150 g/mol. The fraction of sp³-hybridized carbons (Fsp3) is 0.700. The van der Waals surface area contributed by atoms with Gasteiger partial charge in [0.05, 0.1) is 0 Å². The van der Waals surface area contributed by atoms with E-state index in [-0.39, 0.29) is 0 Å². The van der Waals surface area contributed by atoms with Gasteiger partial charge in [-0.25, -0.2) is 0 Å². The maximum absolute atomic E-state index is 5.33. The van der Waals surface area contributed by atoms with Crippen LogP contribution in [0.1, 0.15) is 12.8 Å². The summed E-state index contributed by atoms with van der Waals surface area (Å²) in [5.41, 5.74) is 0. The topological polar surface area (TPSA) is 21.6 Å². The quantitative estimate of drug-likeness (QED) is 0.579. The molecule has 1 fully saturated rings. The molecule has 1 saturated heterocycles. The molecular formula is C10H15NO. The second-order valence-electron chi connectivity index (χ2n) is 3.51. The van der Waals surface area contributed by atoms with E-state index in [2.05, 4.69) is 17.1 Å². The van der Waals surface area contributed by atoms with Gasteiger partial charge in [0, 0.05) is 26.0 Å². The summed E-state index contributed by atoms with van der Waals surface area (Å²) < 4.78 is 5.33. The van der Waals surface area contributed by atoms with Crippen LogP contribution < -0.4 is 0 Å². The van der Waals surface area contributed by atoms with Crippen molar-refractivity contribution >= 4 is 6.21 Å². The smallest absolute Gasteiger partial charge is 0.0468 e. The second kappa shape index (κ2) is 3.85. The summed E-state index contributed by atoms with van der Waals surface area (Å²) in [5, 5.41) is 0. The first kappa shape index (κ1) is 7.99. The summed E-state index contributed by atoms with van der Waals surface area (Å²) in [6.07, 6.45) is 8.69. The van der Waals surface area contributed by atoms with Gasteiger partial charge in [-0.3, -0.25) is 4.99 Å². The first-order valence-corrected chi connectivity index (χ1v) is 4.71. The third-order valence-corrected chi connectivity index (χ3v) is 2.74. The van der Waals surface area contributed by atoms with Crippen molar-refractivity contribution in [3.63, 3.8) is 0 Å². The van der Waals surface area contributed by atoms with E-state index in [9.17, 15) is 0 Å². The fourth-order valence-corrected chi connectivity index (χ4v) is 1.95. The monoisotopic (exact) mass is 165 g/mol. The van der Waals surface area contributed by atoms with Crippen LogP contribution in [0.15, 0.2) is 17.1 Å². The zero-order valence-electron chi connectivity index (χ0n) is 7.28. The van der Waals surface area contributed by atoms with Gasteiger partial charge >= 0.3 is 0 Å². The van der Waals surface area contributed by atoms with Crippen LogP contribution in [0.3, 0.4) is 0 Å². The van der Waals surface area contributed by atoms with Gasteiger partial charge < -0.3 is 4.74 Å². The number of hydrogen-bond donors (Lipinski definition) is 0. The van der Waals surface area contributed by atoms with Crippen molar-refractivity contribution in [2.24, 2.45) is 16.8 Å². The van der Waals surface area contributed by atoms with Crippen LogP contribution in [0.5, 0.6) is 0 Å². The van der Waals surface area contributed by atoms with Crippen molar-refractivity contribution in [3.8, 4) is 0 Å². The van der Waals surface area contributed by atoms with E-state index in [1.54, 1.807) is 0 Å². The van der Waals surface area contributed by atoms with Crippen molar-refractivity contribution in [1.82, 2.24) is 0 Å². The standard InChI is InChI=1S/C10H15NO/c1-2-10(8-11-5-1)9-3-6-12-7-4-9/h1-2,5,9-10H,3-4,6-8H2/t10-/m1/s1. The van der Waals surface area contributed by atoms with Crippen molar-refractivity contribution in [3.05, 3.63) is 12.2 Å². The molecule has 12 heavy (non-hydrogen) atoms. The molecule has 1 atom stereocenters. The molecule has 2 nitrogen and oxygen atoms in total. The number of aliphatic imine (C=N–C) groups is 1. The first-order chi connectivity index (χ1) is 5.97. The van der Waals surface area contributed by atoms with Crippen molar-refractivity contribution in [2.75, 3.05) is 19.8 Å². The van der Waals surface area contributed by atoms with Gasteiger partial charge in [-0.15, -0.1) is 0 Å². The Bertz CT molecular complexity index is 192. The van der Waals surface area contributed by atoms with E-state index in [1.807, 2.05) is 6.21 Å². The summed E-state index contributed by atoms with van der Waals surface area (Å²) in [7, 11) is 0. The second-order valence-corrected chi connectivity index (χ2v) is 3.51. The number of nitrogens with zero attached hydrogens (tertiary/aromatic N) is 1. The highest BCUT2D eigenvalue weighted by atomic mass is 16.5. The molecule has 2 heterocycles. The third-order valence-electron chi connectivity index (χ3n) is 2.74. The first-order valence-electron chi connectivity index (χ1n) is 4.71. The highest BCUT2D eigenvalue weighted by molar-refractivity contribution is 5.71. The molecule has 0 radical (unpaired) electrons. The Balaban J connectivity index is 1.90. The minimum atomic E-state index is 0.680. The van der Waals surface area contributed by atoms with E-state index in [0.717, 1.165) is 25.7 Å². The minimum Gasteiger partial charge on any atom is -0.381 e. The predicted molar refractivity (Wildman–Crippen MR) is 49.5 cm³/mol.